The Hall–Kier alpha value is -3.93. The van der Waals surface area contributed by atoms with Crippen LogP contribution in [0.2, 0.25) is 0 Å². The second kappa shape index (κ2) is 10.8. The first kappa shape index (κ1) is 23.2. The van der Waals surface area contributed by atoms with E-state index in [4.69, 9.17) is 9.15 Å². The number of ketones is 1. The standard InChI is InChI=1S/C28H27NO5/c1-33-23-16-13-21(14-17-23)27(31)22-15-18-24-25(19-22)34-28(32)29(24)26(30)12-8-3-2-5-9-20-10-6-4-7-11-20/h4,6-7,10-11,13-19H,2-3,5,8-9,12H2,1H3. The summed E-state index contributed by atoms with van der Waals surface area (Å²) in [5.74, 6) is -0.564. The Kier molecular flexibility index (Phi) is 7.38. The number of unbranched alkanes of at least 4 members (excludes halogenated alkanes) is 3. The molecule has 174 valence electrons. The Balaban J connectivity index is 1.37. The molecule has 0 fully saturated rings. The minimum absolute atomic E-state index is 0.207. The molecular formula is C28H27NO5. The molecule has 0 saturated carbocycles. The van der Waals surface area contributed by atoms with Crippen LogP contribution in [0, 0.1) is 0 Å². The molecule has 4 rings (SSSR count). The summed E-state index contributed by atoms with van der Waals surface area (Å²) in [5, 5.41) is 0. The smallest absolute Gasteiger partial charge is 0.426 e. The monoisotopic (exact) mass is 457 g/mol. The number of carbonyl (C=O) groups is 2. The van der Waals surface area contributed by atoms with Crippen LogP contribution < -0.4 is 10.5 Å². The molecule has 0 aliphatic heterocycles. The summed E-state index contributed by atoms with van der Waals surface area (Å²) in [6.07, 6.45) is 5.02. The Morgan fingerprint density at radius 3 is 2.29 bits per heavy atom. The van der Waals surface area contributed by atoms with Crippen LogP contribution in [0.4, 0.5) is 0 Å². The number of methoxy groups -OCH3 is 1. The number of aromatic nitrogens is 1. The first-order chi connectivity index (χ1) is 16.6. The molecule has 6 heteroatoms. The topological polar surface area (TPSA) is 78.5 Å². The third-order valence-corrected chi connectivity index (χ3v) is 5.89. The molecule has 1 heterocycles. The van der Waals surface area contributed by atoms with E-state index >= 15 is 0 Å². The van der Waals surface area contributed by atoms with Crippen molar-refractivity contribution >= 4 is 22.8 Å². The minimum atomic E-state index is -0.724. The van der Waals surface area contributed by atoms with E-state index in [0.29, 0.717) is 28.8 Å². The van der Waals surface area contributed by atoms with Crippen LogP contribution in [-0.2, 0) is 6.42 Å². The molecule has 1 aromatic heterocycles. The number of fused-ring (bicyclic) bond motifs is 1. The van der Waals surface area contributed by atoms with Crippen LogP contribution in [0.25, 0.3) is 11.1 Å². The van der Waals surface area contributed by atoms with Crippen molar-refractivity contribution in [3.05, 3.63) is 100 Å². The number of aryl methyl sites for hydroxylation is 1. The van der Waals surface area contributed by atoms with Gasteiger partial charge < -0.3 is 9.15 Å². The van der Waals surface area contributed by atoms with Gasteiger partial charge in [0.1, 0.15) is 5.75 Å². The largest absolute Gasteiger partial charge is 0.497 e. The van der Waals surface area contributed by atoms with Crippen LogP contribution in [0.1, 0.15) is 58.4 Å². The zero-order valence-corrected chi connectivity index (χ0v) is 19.2. The van der Waals surface area contributed by atoms with Crippen LogP contribution in [-0.4, -0.2) is 23.4 Å². The molecule has 0 atom stereocenters. The quantitative estimate of drug-likeness (QED) is 0.227. The number of rotatable bonds is 10. The second-order valence-corrected chi connectivity index (χ2v) is 8.24. The van der Waals surface area contributed by atoms with E-state index in [2.05, 4.69) is 12.1 Å². The average molecular weight is 458 g/mol. The first-order valence-corrected chi connectivity index (χ1v) is 11.5. The molecule has 3 aromatic carbocycles. The predicted molar refractivity (Wildman–Crippen MR) is 131 cm³/mol. The van der Waals surface area contributed by atoms with Gasteiger partial charge in [0.15, 0.2) is 11.4 Å². The highest BCUT2D eigenvalue weighted by Gasteiger charge is 2.18. The number of nitrogens with zero attached hydrogens (tertiary/aromatic N) is 1. The fourth-order valence-electron chi connectivity index (χ4n) is 4.02. The Bertz CT molecular complexity index is 1330. The van der Waals surface area contributed by atoms with Gasteiger partial charge in [0.2, 0.25) is 5.91 Å². The fraction of sp³-hybridized carbons (Fsp3) is 0.250. The van der Waals surface area contributed by atoms with Gasteiger partial charge in [-0.25, -0.2) is 9.36 Å². The van der Waals surface area contributed by atoms with Crippen LogP contribution in [0.3, 0.4) is 0 Å². The summed E-state index contributed by atoms with van der Waals surface area (Å²) in [4.78, 5) is 37.9. The van der Waals surface area contributed by atoms with Gasteiger partial charge in [-0.3, -0.25) is 9.59 Å². The van der Waals surface area contributed by atoms with Gasteiger partial charge in [-0.2, -0.15) is 0 Å². The van der Waals surface area contributed by atoms with Crippen molar-refractivity contribution in [1.82, 2.24) is 4.57 Å². The first-order valence-electron chi connectivity index (χ1n) is 11.5. The lowest BCUT2D eigenvalue weighted by Gasteiger charge is -2.04. The van der Waals surface area contributed by atoms with Crippen LogP contribution >= 0.6 is 0 Å². The van der Waals surface area contributed by atoms with Gasteiger partial charge in [0.05, 0.1) is 12.6 Å². The van der Waals surface area contributed by atoms with Gasteiger partial charge in [0.25, 0.3) is 0 Å². The lowest BCUT2D eigenvalue weighted by atomic mass is 10.0. The van der Waals surface area contributed by atoms with E-state index in [9.17, 15) is 14.4 Å². The summed E-state index contributed by atoms with van der Waals surface area (Å²) in [7, 11) is 1.56. The molecule has 4 aromatic rings. The second-order valence-electron chi connectivity index (χ2n) is 8.24. The molecule has 0 saturated heterocycles. The SMILES string of the molecule is COc1ccc(C(=O)c2ccc3c(c2)oc(=O)n3C(=O)CCCCCCc2ccccc2)cc1. The molecule has 0 N–H and O–H groups in total. The highest BCUT2D eigenvalue weighted by Crippen LogP contribution is 2.20. The van der Waals surface area contributed by atoms with E-state index in [1.807, 2.05) is 18.2 Å². The van der Waals surface area contributed by atoms with E-state index in [-0.39, 0.29) is 23.7 Å². The average Bonchev–Trinajstić information content (AvgIpc) is 3.21. The van der Waals surface area contributed by atoms with E-state index in [1.54, 1.807) is 43.5 Å². The lowest BCUT2D eigenvalue weighted by Crippen LogP contribution is -2.22. The van der Waals surface area contributed by atoms with Gasteiger partial charge in [-0.05, 0) is 67.3 Å². The molecule has 0 aliphatic carbocycles. The van der Waals surface area contributed by atoms with Crippen molar-refractivity contribution in [1.29, 1.82) is 0 Å². The number of oxazole rings is 1. The minimum Gasteiger partial charge on any atom is -0.497 e. The van der Waals surface area contributed by atoms with Crippen molar-refractivity contribution in [3.8, 4) is 5.75 Å². The molecule has 0 aliphatic rings. The molecule has 0 radical (unpaired) electrons. The number of carbonyl (C=O) groups excluding carboxylic acids is 2. The number of hydrogen-bond donors (Lipinski definition) is 0. The zero-order valence-electron chi connectivity index (χ0n) is 19.2. The van der Waals surface area contributed by atoms with Crippen molar-refractivity contribution < 1.29 is 18.7 Å². The number of benzene rings is 3. The maximum Gasteiger partial charge on any atom is 0.426 e. The molecular weight excluding hydrogens is 430 g/mol. The highest BCUT2D eigenvalue weighted by molar-refractivity contribution is 6.10. The Labute approximate surface area is 197 Å². The summed E-state index contributed by atoms with van der Waals surface area (Å²) in [6.45, 7) is 0. The number of hydrogen-bond acceptors (Lipinski definition) is 5. The highest BCUT2D eigenvalue weighted by atomic mass is 16.5. The van der Waals surface area contributed by atoms with E-state index in [0.717, 1.165) is 30.3 Å². The molecule has 0 spiro atoms. The summed E-state index contributed by atoms with van der Waals surface area (Å²) in [5.41, 5.74) is 2.79. The van der Waals surface area contributed by atoms with Gasteiger partial charge in [-0.1, -0.05) is 43.2 Å². The third-order valence-electron chi connectivity index (χ3n) is 5.89. The van der Waals surface area contributed by atoms with E-state index < -0.39 is 5.76 Å². The van der Waals surface area contributed by atoms with Gasteiger partial charge >= 0.3 is 5.76 Å². The van der Waals surface area contributed by atoms with Crippen molar-refractivity contribution in [2.45, 2.75) is 38.5 Å². The molecule has 0 unspecified atom stereocenters. The van der Waals surface area contributed by atoms with Crippen molar-refractivity contribution in [2.75, 3.05) is 7.11 Å². The summed E-state index contributed by atoms with van der Waals surface area (Å²) < 4.78 is 11.5. The normalized spacial score (nSPS) is 11.0. The summed E-state index contributed by atoms with van der Waals surface area (Å²) >= 11 is 0. The fourth-order valence-corrected chi connectivity index (χ4v) is 4.02. The maximum absolute atomic E-state index is 12.8. The molecule has 0 amide bonds. The van der Waals surface area contributed by atoms with Crippen LogP contribution in [0.15, 0.2) is 82.0 Å². The lowest BCUT2D eigenvalue weighted by molar-refractivity contribution is 0.0895. The zero-order chi connectivity index (χ0) is 23.9. The van der Waals surface area contributed by atoms with Crippen LogP contribution in [0.5, 0.6) is 5.75 Å². The van der Waals surface area contributed by atoms with Gasteiger partial charge in [-0.15, -0.1) is 0 Å². The Morgan fingerprint density at radius 1 is 0.853 bits per heavy atom. The maximum atomic E-state index is 12.8. The summed E-state index contributed by atoms with van der Waals surface area (Å²) in [6, 6.07) is 21.8. The van der Waals surface area contributed by atoms with Crippen molar-refractivity contribution in [3.63, 3.8) is 0 Å². The predicted octanol–water partition coefficient (Wildman–Crippen LogP) is 5.67. The van der Waals surface area contributed by atoms with Gasteiger partial charge in [0, 0.05) is 17.5 Å². The Morgan fingerprint density at radius 2 is 1.56 bits per heavy atom. The number of ether oxygens (including phenoxy) is 1. The molecule has 34 heavy (non-hydrogen) atoms. The molecule has 6 nitrogen and oxygen atoms in total. The molecule has 0 bridgehead atoms. The van der Waals surface area contributed by atoms with E-state index in [1.165, 1.54) is 11.6 Å². The van der Waals surface area contributed by atoms with Crippen molar-refractivity contribution in [2.24, 2.45) is 0 Å². The third kappa shape index (κ3) is 5.34.